The van der Waals surface area contributed by atoms with Crippen LogP contribution in [0, 0.1) is 0 Å². The number of nitrogens with zero attached hydrogens (tertiary/aromatic N) is 1. The summed E-state index contributed by atoms with van der Waals surface area (Å²) in [5, 5.41) is 16.1. The maximum Gasteiger partial charge on any atom is 0.314 e. The van der Waals surface area contributed by atoms with E-state index in [0.29, 0.717) is 23.7 Å². The smallest absolute Gasteiger partial charge is 0.314 e. The zero-order valence-corrected chi connectivity index (χ0v) is 15.1. The molecule has 1 aromatic carbocycles. The molecule has 130 valence electrons. The Morgan fingerprint density at radius 3 is 2.22 bits per heavy atom. The van der Waals surface area contributed by atoms with E-state index in [-0.39, 0.29) is 12.6 Å². The number of nitrogens with one attached hydrogen (secondary N) is 2. The van der Waals surface area contributed by atoms with Crippen LogP contribution in [0.2, 0.25) is 5.02 Å². The Morgan fingerprint density at radius 1 is 1.13 bits per heavy atom. The Morgan fingerprint density at radius 2 is 1.70 bits per heavy atom. The number of aliphatic hydroxyl groups is 1. The van der Waals surface area contributed by atoms with E-state index in [1.165, 1.54) is 0 Å². The molecule has 1 rings (SSSR count). The molecule has 0 heterocycles. The molecule has 1 aromatic rings. The van der Waals surface area contributed by atoms with Gasteiger partial charge in [0, 0.05) is 36.7 Å². The molecule has 0 spiro atoms. The minimum absolute atomic E-state index is 0.158. The molecule has 5 nitrogen and oxygen atoms in total. The summed E-state index contributed by atoms with van der Waals surface area (Å²) in [4.78, 5) is 14.1. The fourth-order valence-corrected chi connectivity index (χ4v) is 2.59. The predicted octanol–water partition coefficient (Wildman–Crippen LogP) is 2.79. The third kappa shape index (κ3) is 7.20. The summed E-state index contributed by atoms with van der Waals surface area (Å²) in [7, 11) is 0. The average molecular weight is 342 g/mol. The van der Waals surface area contributed by atoms with Crippen LogP contribution in [-0.2, 0) is 0 Å². The molecule has 0 fully saturated rings. The largest absolute Gasteiger partial charge is 0.387 e. The standard InChI is InChI=1S/C17H28ClN3O2/c1-12(2)21(13(3)4)10-9-19-17(23)20-11-16(22)14-5-7-15(18)8-6-14/h5-8,12-13,16,22H,9-11H2,1-4H3,(H2,19,20,23). The average Bonchev–Trinajstić information content (AvgIpc) is 2.49. The Kier molecular flexibility index (Phi) is 8.37. The number of rotatable bonds is 8. The topological polar surface area (TPSA) is 64.6 Å². The van der Waals surface area contributed by atoms with Gasteiger partial charge in [-0.15, -0.1) is 0 Å². The summed E-state index contributed by atoms with van der Waals surface area (Å²) in [6, 6.07) is 7.52. The van der Waals surface area contributed by atoms with Gasteiger partial charge in [0.2, 0.25) is 0 Å². The summed E-state index contributed by atoms with van der Waals surface area (Å²) in [6.07, 6.45) is -0.749. The molecule has 0 aromatic heterocycles. The lowest BCUT2D eigenvalue weighted by molar-refractivity contribution is 0.168. The minimum atomic E-state index is -0.749. The Balaban J connectivity index is 2.30. The van der Waals surface area contributed by atoms with Gasteiger partial charge in [-0.2, -0.15) is 0 Å². The predicted molar refractivity (Wildman–Crippen MR) is 94.8 cm³/mol. The van der Waals surface area contributed by atoms with Crippen molar-refractivity contribution in [2.75, 3.05) is 19.6 Å². The number of halogens is 1. The van der Waals surface area contributed by atoms with Crippen molar-refractivity contribution in [2.24, 2.45) is 0 Å². The van der Waals surface area contributed by atoms with E-state index in [2.05, 4.69) is 43.2 Å². The van der Waals surface area contributed by atoms with E-state index in [9.17, 15) is 9.90 Å². The first-order valence-electron chi connectivity index (χ1n) is 8.02. The number of amides is 2. The molecule has 1 atom stereocenters. The van der Waals surface area contributed by atoms with Gasteiger partial charge in [-0.25, -0.2) is 4.79 Å². The van der Waals surface area contributed by atoms with Gasteiger partial charge in [-0.1, -0.05) is 23.7 Å². The van der Waals surface area contributed by atoms with Crippen molar-refractivity contribution in [1.29, 1.82) is 0 Å². The van der Waals surface area contributed by atoms with Gasteiger partial charge < -0.3 is 15.7 Å². The van der Waals surface area contributed by atoms with Gasteiger partial charge in [0.25, 0.3) is 0 Å². The quantitative estimate of drug-likeness (QED) is 0.681. The third-order valence-electron chi connectivity index (χ3n) is 3.69. The second kappa shape index (κ2) is 9.75. The van der Waals surface area contributed by atoms with Gasteiger partial charge in [0.05, 0.1) is 6.10 Å². The van der Waals surface area contributed by atoms with Crippen molar-refractivity contribution in [3.63, 3.8) is 0 Å². The molecule has 23 heavy (non-hydrogen) atoms. The van der Waals surface area contributed by atoms with Crippen LogP contribution in [-0.4, -0.2) is 47.8 Å². The van der Waals surface area contributed by atoms with Crippen LogP contribution in [0.1, 0.15) is 39.4 Å². The van der Waals surface area contributed by atoms with E-state index >= 15 is 0 Å². The highest BCUT2D eigenvalue weighted by Crippen LogP contribution is 2.15. The fraction of sp³-hybridized carbons (Fsp3) is 0.588. The van der Waals surface area contributed by atoms with E-state index in [4.69, 9.17) is 11.6 Å². The van der Waals surface area contributed by atoms with Gasteiger partial charge in [-0.3, -0.25) is 4.90 Å². The number of hydrogen-bond acceptors (Lipinski definition) is 3. The number of hydrogen-bond donors (Lipinski definition) is 3. The number of carbonyl (C=O) groups is 1. The number of urea groups is 1. The highest BCUT2D eigenvalue weighted by Gasteiger charge is 2.13. The lowest BCUT2D eigenvalue weighted by Gasteiger charge is -2.30. The van der Waals surface area contributed by atoms with E-state index in [0.717, 1.165) is 12.1 Å². The summed E-state index contributed by atoms with van der Waals surface area (Å²) in [5.74, 6) is 0. The van der Waals surface area contributed by atoms with E-state index in [1.807, 2.05) is 0 Å². The van der Waals surface area contributed by atoms with Crippen molar-refractivity contribution >= 4 is 17.6 Å². The van der Waals surface area contributed by atoms with Crippen LogP contribution in [0.25, 0.3) is 0 Å². The molecule has 3 N–H and O–H groups in total. The van der Waals surface area contributed by atoms with Crippen molar-refractivity contribution in [1.82, 2.24) is 15.5 Å². The maximum atomic E-state index is 11.8. The lowest BCUT2D eigenvalue weighted by Crippen LogP contribution is -2.45. The Bertz CT molecular complexity index is 469. The zero-order chi connectivity index (χ0) is 17.4. The molecular weight excluding hydrogens is 314 g/mol. The van der Waals surface area contributed by atoms with Gasteiger partial charge >= 0.3 is 6.03 Å². The molecular formula is C17H28ClN3O2. The highest BCUT2D eigenvalue weighted by molar-refractivity contribution is 6.30. The van der Waals surface area contributed by atoms with Crippen LogP contribution in [0.4, 0.5) is 4.79 Å². The molecule has 0 aliphatic heterocycles. The normalized spacial score (nSPS) is 12.7. The first-order chi connectivity index (χ1) is 10.8. The fourth-order valence-electron chi connectivity index (χ4n) is 2.47. The number of aliphatic hydroxyl groups excluding tert-OH is 1. The van der Waals surface area contributed by atoms with Crippen LogP contribution in [0.5, 0.6) is 0 Å². The number of benzene rings is 1. The molecule has 0 radical (unpaired) electrons. The van der Waals surface area contributed by atoms with Crippen LogP contribution in [0.3, 0.4) is 0 Å². The Hall–Kier alpha value is -1.30. The maximum absolute atomic E-state index is 11.8. The van der Waals surface area contributed by atoms with Crippen molar-refractivity contribution < 1.29 is 9.90 Å². The summed E-state index contributed by atoms with van der Waals surface area (Å²) in [6.45, 7) is 10.1. The summed E-state index contributed by atoms with van der Waals surface area (Å²) in [5.41, 5.74) is 0.723. The van der Waals surface area contributed by atoms with Gasteiger partial charge in [0.1, 0.15) is 0 Å². The minimum Gasteiger partial charge on any atom is -0.387 e. The first-order valence-corrected chi connectivity index (χ1v) is 8.40. The van der Waals surface area contributed by atoms with E-state index < -0.39 is 6.10 Å². The molecule has 0 aliphatic carbocycles. The second-order valence-electron chi connectivity index (χ2n) is 6.13. The van der Waals surface area contributed by atoms with Crippen LogP contribution >= 0.6 is 11.6 Å². The van der Waals surface area contributed by atoms with Gasteiger partial charge in [0.15, 0.2) is 0 Å². The van der Waals surface area contributed by atoms with Gasteiger partial charge in [-0.05, 0) is 45.4 Å². The van der Waals surface area contributed by atoms with Crippen molar-refractivity contribution in [3.8, 4) is 0 Å². The SMILES string of the molecule is CC(C)N(CCNC(=O)NCC(O)c1ccc(Cl)cc1)C(C)C. The van der Waals surface area contributed by atoms with E-state index in [1.54, 1.807) is 24.3 Å². The molecule has 6 heteroatoms. The van der Waals surface area contributed by atoms with Crippen molar-refractivity contribution in [3.05, 3.63) is 34.9 Å². The van der Waals surface area contributed by atoms with Crippen molar-refractivity contribution in [2.45, 2.75) is 45.9 Å². The number of carbonyl (C=O) groups excluding carboxylic acids is 1. The zero-order valence-electron chi connectivity index (χ0n) is 14.3. The molecule has 0 saturated carbocycles. The molecule has 2 amide bonds. The molecule has 0 aliphatic rings. The monoisotopic (exact) mass is 341 g/mol. The third-order valence-corrected chi connectivity index (χ3v) is 3.94. The van der Waals surface area contributed by atoms with Crippen LogP contribution in [0.15, 0.2) is 24.3 Å². The Labute approximate surface area is 144 Å². The molecule has 0 bridgehead atoms. The lowest BCUT2D eigenvalue weighted by atomic mass is 10.1. The first kappa shape index (κ1) is 19.7. The molecule has 1 unspecified atom stereocenters. The highest BCUT2D eigenvalue weighted by atomic mass is 35.5. The van der Waals surface area contributed by atoms with Crippen LogP contribution < -0.4 is 10.6 Å². The summed E-state index contributed by atoms with van der Waals surface area (Å²) >= 11 is 5.81. The summed E-state index contributed by atoms with van der Waals surface area (Å²) < 4.78 is 0. The molecule has 0 saturated heterocycles. The second-order valence-corrected chi connectivity index (χ2v) is 6.57.